The van der Waals surface area contributed by atoms with Crippen LogP contribution in [0.25, 0.3) is 0 Å². The molecule has 0 bridgehead atoms. The van der Waals surface area contributed by atoms with Crippen molar-refractivity contribution < 1.29 is 19.2 Å². The maximum atomic E-state index is 12.7. The number of hydrogen-bond donors (Lipinski definition) is 1. The van der Waals surface area contributed by atoms with Gasteiger partial charge in [0.25, 0.3) is 5.69 Å². The van der Waals surface area contributed by atoms with Crippen molar-refractivity contribution in [3.05, 3.63) is 67.7 Å². The molecule has 0 aromatic heterocycles. The Bertz CT molecular complexity index is 919. The molecule has 0 aliphatic heterocycles. The second-order valence-corrected chi connectivity index (χ2v) is 7.76. The molecule has 2 aromatic carbocycles. The summed E-state index contributed by atoms with van der Waals surface area (Å²) in [6.07, 6.45) is -0.812. The predicted octanol–water partition coefficient (Wildman–Crippen LogP) is 5.24. The van der Waals surface area contributed by atoms with Gasteiger partial charge in [-0.05, 0) is 63.6 Å². The number of nitro groups is 1. The van der Waals surface area contributed by atoms with Gasteiger partial charge in [-0.2, -0.15) is 0 Å². The molecule has 7 nitrogen and oxygen atoms in total. The van der Waals surface area contributed by atoms with Crippen LogP contribution >= 0.6 is 15.9 Å². The maximum absolute atomic E-state index is 12.7. The van der Waals surface area contributed by atoms with E-state index in [2.05, 4.69) is 21.2 Å². The maximum Gasteiger partial charge on any atom is 0.412 e. The fourth-order valence-corrected chi connectivity index (χ4v) is 2.54. The molecular weight excluding hydrogens is 416 g/mol. The molecule has 0 saturated carbocycles. The van der Waals surface area contributed by atoms with Crippen LogP contribution in [0.3, 0.4) is 0 Å². The van der Waals surface area contributed by atoms with E-state index in [0.717, 1.165) is 16.1 Å². The van der Waals surface area contributed by atoms with Gasteiger partial charge in [0.05, 0.1) is 4.92 Å². The highest BCUT2D eigenvalue weighted by Gasteiger charge is 2.22. The van der Waals surface area contributed by atoms with Crippen LogP contribution < -0.4 is 5.32 Å². The number of carbonyl (C=O) groups excluding carboxylic acids is 2. The average molecular weight is 435 g/mol. The smallest absolute Gasteiger partial charge is 0.412 e. The summed E-state index contributed by atoms with van der Waals surface area (Å²) >= 11 is 3.37. The summed E-state index contributed by atoms with van der Waals surface area (Å²) in [5, 5.41) is 13.7. The van der Waals surface area contributed by atoms with Gasteiger partial charge in [0, 0.05) is 21.7 Å². The van der Waals surface area contributed by atoms with Crippen LogP contribution in [0.1, 0.15) is 42.3 Å². The van der Waals surface area contributed by atoms with Gasteiger partial charge < -0.3 is 4.74 Å². The highest BCUT2D eigenvalue weighted by Crippen LogP contribution is 2.28. The Balaban J connectivity index is 2.34. The number of aryl methyl sites for hydroxylation is 1. The van der Waals surface area contributed by atoms with Crippen LogP contribution in [0.4, 0.5) is 16.2 Å². The van der Waals surface area contributed by atoms with Crippen molar-refractivity contribution in [1.29, 1.82) is 0 Å². The predicted molar refractivity (Wildman–Crippen MR) is 105 cm³/mol. The van der Waals surface area contributed by atoms with Crippen molar-refractivity contribution in [2.75, 3.05) is 5.32 Å². The molecule has 0 spiro atoms. The number of benzene rings is 2. The number of halogens is 1. The van der Waals surface area contributed by atoms with Crippen LogP contribution in [0.15, 0.2) is 40.9 Å². The molecule has 0 aliphatic carbocycles. The van der Waals surface area contributed by atoms with Gasteiger partial charge in [-0.1, -0.05) is 15.9 Å². The van der Waals surface area contributed by atoms with Crippen LogP contribution in [0, 0.1) is 17.0 Å². The first-order chi connectivity index (χ1) is 12.5. The molecule has 142 valence electrons. The second-order valence-electron chi connectivity index (χ2n) is 6.91. The summed E-state index contributed by atoms with van der Waals surface area (Å²) < 4.78 is 5.97. The number of ether oxygens (including phenoxy) is 1. The molecule has 1 amide bonds. The Labute approximate surface area is 165 Å². The highest BCUT2D eigenvalue weighted by atomic mass is 79.9. The number of anilines is 1. The fraction of sp³-hybridized carbons (Fsp3) is 0.263. The zero-order valence-electron chi connectivity index (χ0n) is 15.3. The molecule has 1 N–H and O–H groups in total. The molecule has 0 atom stereocenters. The lowest BCUT2D eigenvalue weighted by atomic mass is 10.0. The molecular formula is C19H19BrN2O5. The van der Waals surface area contributed by atoms with E-state index >= 15 is 0 Å². The van der Waals surface area contributed by atoms with E-state index < -0.39 is 16.6 Å². The molecule has 2 rings (SSSR count). The minimum Gasteiger partial charge on any atom is -0.444 e. The SMILES string of the molecule is Cc1cc(C(=O)c2ccc(NC(=O)OC(C)(C)C)c([N+](=O)[O-])c2)ccc1Br. The Morgan fingerprint density at radius 2 is 1.70 bits per heavy atom. The molecule has 0 heterocycles. The van der Waals surface area contributed by atoms with Crippen molar-refractivity contribution in [1.82, 2.24) is 0 Å². The van der Waals surface area contributed by atoms with Gasteiger partial charge in [0.15, 0.2) is 5.78 Å². The third-order valence-electron chi connectivity index (χ3n) is 3.51. The van der Waals surface area contributed by atoms with Gasteiger partial charge in [0.1, 0.15) is 11.3 Å². The van der Waals surface area contributed by atoms with E-state index in [4.69, 9.17) is 4.74 Å². The molecule has 8 heteroatoms. The van der Waals surface area contributed by atoms with Crippen molar-refractivity contribution in [3.63, 3.8) is 0 Å². The van der Waals surface area contributed by atoms with E-state index in [1.165, 1.54) is 12.1 Å². The second kappa shape index (κ2) is 7.87. The first kappa shape index (κ1) is 20.6. The summed E-state index contributed by atoms with van der Waals surface area (Å²) in [4.78, 5) is 35.3. The first-order valence-corrected chi connectivity index (χ1v) is 8.86. The average Bonchev–Trinajstić information content (AvgIpc) is 2.55. The molecule has 0 unspecified atom stereocenters. The Morgan fingerprint density at radius 1 is 1.11 bits per heavy atom. The summed E-state index contributed by atoms with van der Waals surface area (Å²) in [5.41, 5.74) is 0.265. The van der Waals surface area contributed by atoms with Gasteiger partial charge >= 0.3 is 6.09 Å². The number of hydrogen-bond acceptors (Lipinski definition) is 5. The monoisotopic (exact) mass is 434 g/mol. The zero-order chi connectivity index (χ0) is 20.4. The number of nitro benzene ring substituents is 1. The largest absolute Gasteiger partial charge is 0.444 e. The number of carbonyl (C=O) groups is 2. The van der Waals surface area contributed by atoms with Crippen molar-refractivity contribution in [2.24, 2.45) is 0 Å². The van der Waals surface area contributed by atoms with E-state index in [0.29, 0.717) is 5.56 Å². The highest BCUT2D eigenvalue weighted by molar-refractivity contribution is 9.10. The van der Waals surface area contributed by atoms with Crippen LogP contribution in [-0.2, 0) is 4.74 Å². The summed E-state index contributed by atoms with van der Waals surface area (Å²) in [7, 11) is 0. The van der Waals surface area contributed by atoms with Crippen molar-refractivity contribution in [3.8, 4) is 0 Å². The molecule has 0 saturated heterocycles. The summed E-state index contributed by atoms with van der Waals surface area (Å²) in [5.74, 6) is -0.350. The van der Waals surface area contributed by atoms with Gasteiger partial charge in [-0.15, -0.1) is 0 Å². The van der Waals surface area contributed by atoms with Crippen molar-refractivity contribution >= 4 is 39.2 Å². The van der Waals surface area contributed by atoms with Gasteiger partial charge in [-0.25, -0.2) is 4.79 Å². The van der Waals surface area contributed by atoms with Crippen LogP contribution in [0.5, 0.6) is 0 Å². The fourth-order valence-electron chi connectivity index (χ4n) is 2.30. The Hall–Kier alpha value is -2.74. The van der Waals surface area contributed by atoms with E-state index in [9.17, 15) is 19.7 Å². The molecule has 27 heavy (non-hydrogen) atoms. The number of rotatable bonds is 4. The molecule has 0 radical (unpaired) electrons. The zero-order valence-corrected chi connectivity index (χ0v) is 16.9. The summed E-state index contributed by atoms with van der Waals surface area (Å²) in [6, 6.07) is 8.98. The molecule has 0 aliphatic rings. The Kier molecular flexibility index (Phi) is 6.00. The van der Waals surface area contributed by atoms with Crippen LogP contribution in [0.2, 0.25) is 0 Å². The van der Waals surface area contributed by atoms with E-state index in [1.807, 2.05) is 6.92 Å². The normalized spacial score (nSPS) is 11.0. The van der Waals surface area contributed by atoms with Gasteiger partial charge in [0.2, 0.25) is 0 Å². The minimum absolute atomic E-state index is 0.0437. The third kappa shape index (κ3) is 5.37. The lowest BCUT2D eigenvalue weighted by molar-refractivity contribution is -0.383. The first-order valence-electron chi connectivity index (χ1n) is 8.07. The number of ketones is 1. The molecule has 0 fully saturated rings. The summed E-state index contributed by atoms with van der Waals surface area (Å²) in [6.45, 7) is 6.89. The number of nitrogens with one attached hydrogen (secondary N) is 1. The third-order valence-corrected chi connectivity index (χ3v) is 4.40. The Morgan fingerprint density at radius 3 is 2.26 bits per heavy atom. The standard InChI is InChI=1S/C19H19BrN2O5/c1-11-9-12(5-7-14(11)20)17(23)13-6-8-15(16(10-13)22(25)26)21-18(24)27-19(2,3)4/h5-10H,1-4H3,(H,21,24). The lowest BCUT2D eigenvalue weighted by Gasteiger charge is -2.19. The quantitative estimate of drug-likeness (QED) is 0.402. The number of amides is 1. The van der Waals surface area contributed by atoms with E-state index in [1.54, 1.807) is 39.0 Å². The topological polar surface area (TPSA) is 98.5 Å². The van der Waals surface area contributed by atoms with Crippen molar-refractivity contribution in [2.45, 2.75) is 33.3 Å². The van der Waals surface area contributed by atoms with Gasteiger partial charge in [-0.3, -0.25) is 20.2 Å². The minimum atomic E-state index is -0.812. The van der Waals surface area contributed by atoms with E-state index in [-0.39, 0.29) is 22.7 Å². The number of nitrogens with zero attached hydrogens (tertiary/aromatic N) is 1. The van der Waals surface area contributed by atoms with Crippen LogP contribution in [-0.4, -0.2) is 22.4 Å². The molecule has 2 aromatic rings. The lowest BCUT2D eigenvalue weighted by Crippen LogP contribution is -2.27.